The van der Waals surface area contributed by atoms with Crippen LogP contribution < -0.4 is 24.4 Å². The van der Waals surface area contributed by atoms with Gasteiger partial charge in [-0.3, -0.25) is 19.5 Å². The van der Waals surface area contributed by atoms with Crippen molar-refractivity contribution in [1.29, 1.82) is 0 Å². The highest BCUT2D eigenvalue weighted by atomic mass is 35.5. The van der Waals surface area contributed by atoms with E-state index in [-0.39, 0.29) is 23.6 Å². The lowest BCUT2D eigenvalue weighted by atomic mass is 9.83. The number of rotatable bonds is 3. The predicted octanol–water partition coefficient (Wildman–Crippen LogP) is 4.61. The molecule has 38 heavy (non-hydrogen) atoms. The Morgan fingerprint density at radius 2 is 1.84 bits per heavy atom. The molecule has 0 spiro atoms. The van der Waals surface area contributed by atoms with Crippen LogP contribution in [0.25, 0.3) is 11.8 Å². The number of aromatic nitrogens is 1. The topological polar surface area (TPSA) is 96.0 Å². The summed E-state index contributed by atoms with van der Waals surface area (Å²) >= 11 is 7.88. The molecule has 4 aromatic rings. The largest absolute Gasteiger partial charge is 0.454 e. The van der Waals surface area contributed by atoms with Crippen molar-refractivity contribution in [2.24, 2.45) is 4.99 Å². The van der Waals surface area contributed by atoms with Crippen LogP contribution in [0.3, 0.4) is 0 Å². The molecule has 2 aliphatic heterocycles. The summed E-state index contributed by atoms with van der Waals surface area (Å²) in [5.41, 5.74) is 4.78. The van der Waals surface area contributed by atoms with Gasteiger partial charge in [0.25, 0.3) is 11.2 Å². The molecule has 0 saturated carbocycles. The zero-order valence-electron chi connectivity index (χ0n) is 19.7. The molecule has 0 N–H and O–H groups in total. The first-order chi connectivity index (χ1) is 18.5. The van der Waals surface area contributed by atoms with Gasteiger partial charge in [-0.05, 0) is 47.8 Å². The summed E-state index contributed by atoms with van der Waals surface area (Å²) in [6, 6.07) is 18.1. The second-order valence-electron chi connectivity index (χ2n) is 9.16. The Bertz CT molecular complexity index is 1890. The van der Waals surface area contributed by atoms with E-state index in [0.29, 0.717) is 25.9 Å². The number of nitro groups is 1. The highest BCUT2D eigenvalue weighted by molar-refractivity contribution is 7.07. The van der Waals surface area contributed by atoms with Gasteiger partial charge in [0.1, 0.15) is 0 Å². The molecule has 3 heterocycles. The molecule has 8 nitrogen and oxygen atoms in total. The Balaban J connectivity index is 1.50. The molecule has 0 radical (unpaired) electrons. The summed E-state index contributed by atoms with van der Waals surface area (Å²) in [4.78, 5) is 30.8. The van der Waals surface area contributed by atoms with Crippen molar-refractivity contribution in [3.63, 3.8) is 0 Å². The number of hydrogen-bond acceptors (Lipinski definition) is 7. The molecule has 0 amide bonds. The van der Waals surface area contributed by atoms with Gasteiger partial charge >= 0.3 is 0 Å². The van der Waals surface area contributed by atoms with Gasteiger partial charge in [0.15, 0.2) is 16.3 Å². The van der Waals surface area contributed by atoms with Crippen LogP contribution in [0.2, 0.25) is 5.02 Å². The fourth-order valence-corrected chi connectivity index (χ4v) is 6.59. The van der Waals surface area contributed by atoms with Crippen LogP contribution in [0.15, 0.2) is 76.0 Å². The molecular weight excluding hydrogens is 526 g/mol. The summed E-state index contributed by atoms with van der Waals surface area (Å²) in [5, 5.41) is 12.4. The number of hydrogen-bond donors (Lipinski definition) is 0. The van der Waals surface area contributed by atoms with E-state index in [2.05, 4.69) is 12.1 Å². The van der Waals surface area contributed by atoms with E-state index in [9.17, 15) is 14.9 Å². The van der Waals surface area contributed by atoms with Gasteiger partial charge < -0.3 is 9.47 Å². The molecular formula is C28H18ClN3O5S. The average Bonchev–Trinajstić information content (AvgIpc) is 3.51. The van der Waals surface area contributed by atoms with E-state index >= 15 is 0 Å². The lowest BCUT2D eigenvalue weighted by Crippen LogP contribution is -2.38. The third kappa shape index (κ3) is 3.50. The van der Waals surface area contributed by atoms with Gasteiger partial charge in [-0.2, -0.15) is 0 Å². The molecule has 3 aliphatic rings. The molecule has 0 fully saturated rings. The van der Waals surface area contributed by atoms with E-state index in [1.807, 2.05) is 36.4 Å². The van der Waals surface area contributed by atoms with Gasteiger partial charge in [0, 0.05) is 10.6 Å². The Kier molecular flexibility index (Phi) is 5.24. The third-order valence-corrected chi connectivity index (χ3v) is 8.41. The first-order valence-corrected chi connectivity index (χ1v) is 13.1. The van der Waals surface area contributed by atoms with Crippen LogP contribution in [-0.2, 0) is 6.42 Å². The van der Waals surface area contributed by atoms with Crippen molar-refractivity contribution in [2.75, 3.05) is 6.79 Å². The normalized spacial score (nSPS) is 17.5. The first kappa shape index (κ1) is 22.9. The molecule has 1 atom stereocenters. The van der Waals surface area contributed by atoms with Crippen molar-refractivity contribution in [2.45, 2.75) is 18.9 Å². The molecule has 1 aliphatic carbocycles. The second kappa shape index (κ2) is 8.68. The number of ether oxygens (including phenoxy) is 2. The van der Waals surface area contributed by atoms with E-state index < -0.39 is 11.0 Å². The van der Waals surface area contributed by atoms with E-state index in [0.717, 1.165) is 35.2 Å². The Hall–Kier alpha value is -4.21. The first-order valence-electron chi connectivity index (χ1n) is 11.9. The monoisotopic (exact) mass is 543 g/mol. The van der Waals surface area contributed by atoms with Crippen molar-refractivity contribution < 1.29 is 14.4 Å². The molecule has 188 valence electrons. The summed E-state index contributed by atoms with van der Waals surface area (Å²) in [6.07, 6.45) is 3.10. The molecule has 0 bridgehead atoms. The van der Waals surface area contributed by atoms with Gasteiger partial charge in [-0.25, -0.2) is 4.99 Å². The van der Waals surface area contributed by atoms with Crippen LogP contribution in [0, 0.1) is 10.1 Å². The maximum absolute atomic E-state index is 13.9. The van der Waals surface area contributed by atoms with Gasteiger partial charge in [-0.15, -0.1) is 0 Å². The van der Waals surface area contributed by atoms with Crippen LogP contribution in [0.5, 0.6) is 11.5 Å². The number of thiazole rings is 1. The standard InChI is InChI=1S/C28H18ClN3O5S/c29-20-8-4-3-7-18(20)26-19-10-9-15-5-1-2-6-17(15)25(19)30-28-31(26)27(33)24(38-28)12-16-11-22-23(37-14-36-22)13-21(16)32(34)35/h1-8,11-13,26H,9-10,14H2/b24-12-. The third-order valence-electron chi connectivity index (χ3n) is 7.08. The fraction of sp³-hybridized carbons (Fsp3) is 0.143. The summed E-state index contributed by atoms with van der Waals surface area (Å²) in [6.45, 7) is -0.0109. The van der Waals surface area contributed by atoms with Crippen LogP contribution in [0.1, 0.15) is 34.7 Å². The zero-order chi connectivity index (χ0) is 26.0. The highest BCUT2D eigenvalue weighted by Crippen LogP contribution is 2.43. The van der Waals surface area contributed by atoms with Gasteiger partial charge in [0.2, 0.25) is 6.79 Å². The molecule has 7 rings (SSSR count). The number of nitro benzene ring substituents is 1. The zero-order valence-corrected chi connectivity index (χ0v) is 21.3. The molecule has 3 aromatic carbocycles. The lowest BCUT2D eigenvalue weighted by Gasteiger charge is -2.31. The summed E-state index contributed by atoms with van der Waals surface area (Å²) < 4.78 is 12.7. The maximum atomic E-state index is 13.9. The summed E-state index contributed by atoms with van der Waals surface area (Å²) in [7, 11) is 0. The Labute approximate surface area is 224 Å². The molecule has 1 aromatic heterocycles. The van der Waals surface area contributed by atoms with E-state index in [1.165, 1.54) is 35.1 Å². The quantitative estimate of drug-likeness (QED) is 0.278. The second-order valence-corrected chi connectivity index (χ2v) is 10.6. The summed E-state index contributed by atoms with van der Waals surface area (Å²) in [5.74, 6) is 0.705. The Morgan fingerprint density at radius 3 is 2.66 bits per heavy atom. The van der Waals surface area contributed by atoms with Crippen LogP contribution in [-0.4, -0.2) is 16.3 Å². The Morgan fingerprint density at radius 1 is 1.08 bits per heavy atom. The minimum Gasteiger partial charge on any atom is -0.454 e. The van der Waals surface area contributed by atoms with E-state index in [4.69, 9.17) is 26.1 Å². The number of nitrogens with zero attached hydrogens (tertiary/aromatic N) is 3. The maximum Gasteiger partial charge on any atom is 0.280 e. The van der Waals surface area contributed by atoms with Crippen molar-refractivity contribution in [3.8, 4) is 11.5 Å². The lowest BCUT2D eigenvalue weighted by molar-refractivity contribution is -0.385. The number of aryl methyl sites for hydroxylation is 1. The highest BCUT2D eigenvalue weighted by Gasteiger charge is 2.33. The van der Waals surface area contributed by atoms with Gasteiger partial charge in [0.05, 0.1) is 32.8 Å². The average molecular weight is 544 g/mol. The van der Waals surface area contributed by atoms with E-state index in [1.54, 1.807) is 4.57 Å². The van der Waals surface area contributed by atoms with Gasteiger partial charge in [-0.1, -0.05) is 65.4 Å². The minimum absolute atomic E-state index is 0.0109. The number of allylic oxidation sites excluding steroid dienone is 1. The molecule has 10 heteroatoms. The van der Waals surface area contributed by atoms with Crippen LogP contribution in [0.4, 0.5) is 5.69 Å². The minimum atomic E-state index is -0.493. The molecule has 0 saturated heterocycles. The van der Waals surface area contributed by atoms with Crippen LogP contribution >= 0.6 is 22.9 Å². The predicted molar refractivity (Wildman–Crippen MR) is 143 cm³/mol. The van der Waals surface area contributed by atoms with Crippen molar-refractivity contribution >= 4 is 40.4 Å². The smallest absolute Gasteiger partial charge is 0.280 e. The fourth-order valence-electron chi connectivity index (χ4n) is 5.36. The number of benzene rings is 3. The van der Waals surface area contributed by atoms with Crippen molar-refractivity contribution in [1.82, 2.24) is 4.57 Å². The SMILES string of the molecule is O=c1/c(=C/c2cc3c(cc2[N+](=O)[O-])OCO3)sc2n1C(c1ccccc1Cl)C1=C(N=2)c2ccccc2CC1. The number of halogens is 1. The number of fused-ring (bicyclic) bond motifs is 4. The van der Waals surface area contributed by atoms with Crippen molar-refractivity contribution in [3.05, 3.63) is 123 Å². The molecule has 1 unspecified atom stereocenters.